The lowest BCUT2D eigenvalue weighted by molar-refractivity contribution is -0.577. The summed E-state index contributed by atoms with van der Waals surface area (Å²) in [7, 11) is 0. The van der Waals surface area contributed by atoms with Crippen molar-refractivity contribution in [1.82, 2.24) is 9.78 Å². The van der Waals surface area contributed by atoms with Crippen molar-refractivity contribution >= 4 is 52.0 Å². The van der Waals surface area contributed by atoms with E-state index in [9.17, 15) is 19.1 Å². The van der Waals surface area contributed by atoms with Crippen LogP contribution in [0.2, 0.25) is 10.0 Å². The standard InChI is InChI=1S/C28H21Cl2FN4O3/c1-3-7-21-23(27(37)35(32-21)17-11-12-18(29)19(30)14-17)24-25(33-13-6-8-16(2)15-33)28(38)34(26(24)36)22-10-5-4-9-20(22)31/h4-6,8-15H,3,7H2,1-2H3. The monoisotopic (exact) mass is 550 g/mol. The lowest BCUT2D eigenvalue weighted by Crippen LogP contribution is -2.40. The first-order chi connectivity index (χ1) is 18.2. The Kier molecular flexibility index (Phi) is 6.77. The molecule has 1 aliphatic heterocycles. The molecule has 2 amide bonds. The molecular formula is C28H21Cl2FN4O3. The molecule has 0 unspecified atom stereocenters. The smallest absolute Gasteiger partial charge is 0.331 e. The van der Waals surface area contributed by atoms with Gasteiger partial charge in [0.15, 0.2) is 12.4 Å². The zero-order valence-electron chi connectivity index (χ0n) is 20.4. The molecule has 0 saturated heterocycles. The van der Waals surface area contributed by atoms with E-state index >= 15 is 0 Å². The maximum Gasteiger partial charge on any atom is 0.331 e. The Hall–Kier alpha value is -4.01. The second-order valence-electron chi connectivity index (χ2n) is 8.80. The number of benzene rings is 2. The van der Waals surface area contributed by atoms with Crippen molar-refractivity contribution < 1.29 is 23.7 Å². The van der Waals surface area contributed by atoms with Gasteiger partial charge in [-0.3, -0.25) is 9.59 Å². The van der Waals surface area contributed by atoms with Crippen LogP contribution in [-0.2, 0) is 16.0 Å². The summed E-state index contributed by atoms with van der Waals surface area (Å²) in [5.41, 5.74) is 1.07. The van der Waals surface area contributed by atoms with Crippen molar-refractivity contribution in [2.45, 2.75) is 26.7 Å². The molecular weight excluding hydrogens is 530 g/mol. The number of carbonyl (C=O) groups is 2. The Balaban J connectivity index is 1.80. The molecule has 0 radical (unpaired) electrons. The van der Waals surface area contributed by atoms with Crippen LogP contribution in [0.25, 0.3) is 17.0 Å². The number of halogens is 3. The second kappa shape index (κ2) is 10.0. The average Bonchev–Trinajstić information content (AvgIpc) is 3.33. The summed E-state index contributed by atoms with van der Waals surface area (Å²) in [4.78, 5) is 28.5. The van der Waals surface area contributed by atoms with Crippen molar-refractivity contribution in [3.05, 3.63) is 99.7 Å². The summed E-state index contributed by atoms with van der Waals surface area (Å²) >= 11 is 12.2. The minimum atomic E-state index is -0.813. The van der Waals surface area contributed by atoms with Crippen LogP contribution in [-0.4, -0.2) is 21.6 Å². The highest BCUT2D eigenvalue weighted by atomic mass is 35.5. The van der Waals surface area contributed by atoms with Gasteiger partial charge in [0.2, 0.25) is 0 Å². The highest BCUT2D eigenvalue weighted by Gasteiger charge is 2.48. The van der Waals surface area contributed by atoms with Crippen molar-refractivity contribution in [2.75, 3.05) is 4.90 Å². The number of para-hydroxylation sites is 1. The number of hydrogen-bond donors (Lipinski definition) is 0. The highest BCUT2D eigenvalue weighted by Crippen LogP contribution is 2.40. The van der Waals surface area contributed by atoms with Gasteiger partial charge in [-0.2, -0.15) is 9.67 Å². The van der Waals surface area contributed by atoms with Gasteiger partial charge in [-0.25, -0.2) is 14.0 Å². The van der Waals surface area contributed by atoms with Crippen LogP contribution in [0.5, 0.6) is 5.88 Å². The van der Waals surface area contributed by atoms with Crippen LogP contribution in [0.3, 0.4) is 0 Å². The van der Waals surface area contributed by atoms with Crippen LogP contribution in [0.4, 0.5) is 10.1 Å². The molecule has 0 fully saturated rings. The SMILES string of the molecule is CCCc1nn(-c2ccc(Cl)c(Cl)c2)c([O-])c1C1=C([n+]2cccc(C)c2)C(=O)N(c2ccccc2F)C1=O. The summed E-state index contributed by atoms with van der Waals surface area (Å²) in [6, 6.07) is 13.7. The lowest BCUT2D eigenvalue weighted by Gasteiger charge is -2.16. The van der Waals surface area contributed by atoms with E-state index in [1.165, 1.54) is 34.9 Å². The first-order valence-electron chi connectivity index (χ1n) is 11.8. The minimum absolute atomic E-state index is 0.0147. The average molecular weight is 551 g/mol. The predicted molar refractivity (Wildman–Crippen MR) is 140 cm³/mol. The third-order valence-corrected chi connectivity index (χ3v) is 6.90. The zero-order valence-corrected chi connectivity index (χ0v) is 21.9. The number of amides is 2. The molecule has 0 saturated carbocycles. The van der Waals surface area contributed by atoms with Gasteiger partial charge in [0, 0.05) is 17.2 Å². The van der Waals surface area contributed by atoms with E-state index in [0.717, 1.165) is 21.2 Å². The molecule has 4 aromatic rings. The Bertz CT molecular complexity index is 1650. The van der Waals surface area contributed by atoms with E-state index in [1.807, 2.05) is 19.9 Å². The number of hydrogen-bond acceptors (Lipinski definition) is 4. The molecule has 0 bridgehead atoms. The van der Waals surface area contributed by atoms with Gasteiger partial charge in [0.1, 0.15) is 11.4 Å². The molecule has 0 N–H and O–H groups in total. The molecule has 2 aromatic heterocycles. The molecule has 38 heavy (non-hydrogen) atoms. The number of rotatable bonds is 6. The minimum Gasteiger partial charge on any atom is -0.858 e. The summed E-state index contributed by atoms with van der Waals surface area (Å²) < 4.78 is 17.4. The maximum atomic E-state index is 14.8. The third kappa shape index (κ3) is 4.25. The largest absolute Gasteiger partial charge is 0.858 e. The van der Waals surface area contributed by atoms with E-state index in [2.05, 4.69) is 5.10 Å². The van der Waals surface area contributed by atoms with Crippen molar-refractivity contribution in [2.24, 2.45) is 0 Å². The summed E-state index contributed by atoms with van der Waals surface area (Å²) in [5.74, 6) is -2.92. The van der Waals surface area contributed by atoms with Gasteiger partial charge in [0.25, 0.3) is 11.6 Å². The van der Waals surface area contributed by atoms with E-state index in [-0.39, 0.29) is 27.5 Å². The second-order valence-corrected chi connectivity index (χ2v) is 9.61. The Morgan fingerprint density at radius 2 is 1.79 bits per heavy atom. The summed E-state index contributed by atoms with van der Waals surface area (Å²) in [5, 5.41) is 18.9. The fourth-order valence-electron chi connectivity index (χ4n) is 4.47. The van der Waals surface area contributed by atoms with E-state index in [0.29, 0.717) is 29.2 Å². The van der Waals surface area contributed by atoms with Gasteiger partial charge in [0.05, 0.1) is 27.1 Å². The van der Waals surface area contributed by atoms with Crippen molar-refractivity contribution in [3.63, 3.8) is 0 Å². The van der Waals surface area contributed by atoms with Gasteiger partial charge >= 0.3 is 5.91 Å². The van der Waals surface area contributed by atoms with Crippen LogP contribution in [0.1, 0.15) is 30.2 Å². The van der Waals surface area contributed by atoms with Gasteiger partial charge in [-0.1, -0.05) is 48.7 Å². The van der Waals surface area contributed by atoms with Gasteiger partial charge in [-0.15, -0.1) is 0 Å². The maximum absolute atomic E-state index is 14.8. The first kappa shape index (κ1) is 25.6. The third-order valence-electron chi connectivity index (χ3n) is 6.16. The fourth-order valence-corrected chi connectivity index (χ4v) is 4.76. The summed E-state index contributed by atoms with van der Waals surface area (Å²) in [6.45, 7) is 3.74. The molecule has 0 atom stereocenters. The molecule has 5 rings (SSSR count). The van der Waals surface area contributed by atoms with E-state index < -0.39 is 23.5 Å². The number of aromatic nitrogens is 3. The highest BCUT2D eigenvalue weighted by molar-refractivity contribution is 6.53. The molecule has 2 aromatic carbocycles. The Morgan fingerprint density at radius 3 is 2.47 bits per heavy atom. The number of nitrogens with zero attached hydrogens (tertiary/aromatic N) is 4. The number of carbonyl (C=O) groups excluding carboxylic acids is 2. The topological polar surface area (TPSA) is 82.1 Å². The number of aryl methyl sites for hydroxylation is 2. The van der Waals surface area contributed by atoms with Crippen LogP contribution >= 0.6 is 23.2 Å². The Labute approximate surface area is 228 Å². The lowest BCUT2D eigenvalue weighted by atomic mass is 10.0. The fraction of sp³-hybridized carbons (Fsp3) is 0.143. The number of imide groups is 1. The molecule has 7 nitrogen and oxygen atoms in total. The molecule has 192 valence electrons. The number of pyridine rings is 1. The molecule has 10 heteroatoms. The molecule has 0 aliphatic carbocycles. The van der Waals surface area contributed by atoms with Crippen molar-refractivity contribution in [1.29, 1.82) is 0 Å². The summed E-state index contributed by atoms with van der Waals surface area (Å²) in [6.07, 6.45) is 4.24. The van der Waals surface area contributed by atoms with E-state index in [4.69, 9.17) is 23.2 Å². The molecule has 0 spiro atoms. The first-order valence-corrected chi connectivity index (χ1v) is 12.6. The van der Waals surface area contributed by atoms with Crippen LogP contribution in [0.15, 0.2) is 67.0 Å². The molecule has 3 heterocycles. The number of anilines is 1. The predicted octanol–water partition coefficient (Wildman–Crippen LogP) is 4.88. The van der Waals surface area contributed by atoms with Crippen LogP contribution in [0, 0.1) is 12.7 Å². The van der Waals surface area contributed by atoms with Crippen molar-refractivity contribution in [3.8, 4) is 11.6 Å². The molecule has 1 aliphatic rings. The van der Waals surface area contributed by atoms with Gasteiger partial charge in [-0.05, 0) is 55.6 Å². The normalized spacial score (nSPS) is 13.7. The van der Waals surface area contributed by atoms with Gasteiger partial charge < -0.3 is 5.11 Å². The quantitative estimate of drug-likeness (QED) is 0.253. The van der Waals surface area contributed by atoms with Crippen LogP contribution < -0.4 is 14.6 Å². The Morgan fingerprint density at radius 1 is 1.03 bits per heavy atom. The van der Waals surface area contributed by atoms with E-state index in [1.54, 1.807) is 24.5 Å². The zero-order chi connectivity index (χ0) is 27.1.